The zero-order valence-corrected chi connectivity index (χ0v) is 13.5. The van der Waals surface area contributed by atoms with Gasteiger partial charge in [-0.15, -0.1) is 11.3 Å². The van der Waals surface area contributed by atoms with Gasteiger partial charge in [0.25, 0.3) is 0 Å². The Bertz CT molecular complexity index is 540. The van der Waals surface area contributed by atoms with Crippen LogP contribution in [0.5, 0.6) is 5.75 Å². The van der Waals surface area contributed by atoms with E-state index in [1.165, 1.54) is 15.3 Å². The number of hydrogen-bond acceptors (Lipinski definition) is 3. The van der Waals surface area contributed by atoms with Crippen molar-refractivity contribution in [2.24, 2.45) is 0 Å². The van der Waals surface area contributed by atoms with E-state index < -0.39 is 0 Å². The Hall–Kier alpha value is -1.32. The molecule has 108 valence electrons. The first-order valence-electron chi connectivity index (χ1n) is 6.95. The van der Waals surface area contributed by atoms with Gasteiger partial charge in [0.15, 0.2) is 0 Å². The molecule has 1 aromatic heterocycles. The van der Waals surface area contributed by atoms with Crippen molar-refractivity contribution in [2.45, 2.75) is 46.4 Å². The van der Waals surface area contributed by atoms with Crippen LogP contribution in [0.15, 0.2) is 36.4 Å². The summed E-state index contributed by atoms with van der Waals surface area (Å²) in [6.45, 7) is 10.3. The lowest BCUT2D eigenvalue weighted by atomic mass is 10.1. The Labute approximate surface area is 125 Å². The van der Waals surface area contributed by atoms with E-state index in [1.54, 1.807) is 0 Å². The van der Waals surface area contributed by atoms with Crippen LogP contribution in [-0.2, 0) is 13.2 Å². The van der Waals surface area contributed by atoms with Crippen LogP contribution in [0.1, 0.15) is 36.1 Å². The highest BCUT2D eigenvalue weighted by molar-refractivity contribution is 7.12. The molecule has 0 amide bonds. The molecular formula is C17H23NOS. The Balaban J connectivity index is 1.94. The van der Waals surface area contributed by atoms with Crippen molar-refractivity contribution < 1.29 is 4.74 Å². The number of hydrogen-bond donors (Lipinski definition) is 1. The molecule has 2 nitrogen and oxygen atoms in total. The van der Waals surface area contributed by atoms with Gasteiger partial charge in [-0.1, -0.05) is 18.2 Å². The van der Waals surface area contributed by atoms with Crippen LogP contribution >= 0.6 is 11.3 Å². The van der Waals surface area contributed by atoms with Crippen LogP contribution in [0, 0.1) is 6.92 Å². The van der Waals surface area contributed by atoms with E-state index in [2.05, 4.69) is 39.1 Å². The summed E-state index contributed by atoms with van der Waals surface area (Å²) in [6.07, 6.45) is 0. The van der Waals surface area contributed by atoms with Gasteiger partial charge in [-0.2, -0.15) is 0 Å². The number of rotatable bonds is 5. The average molecular weight is 289 g/mol. The summed E-state index contributed by atoms with van der Waals surface area (Å²) < 4.78 is 5.82. The number of ether oxygens (including phenoxy) is 1. The summed E-state index contributed by atoms with van der Waals surface area (Å²) in [7, 11) is 0. The number of benzene rings is 1. The van der Waals surface area contributed by atoms with Gasteiger partial charge in [0.1, 0.15) is 12.4 Å². The molecule has 0 radical (unpaired) electrons. The maximum Gasteiger partial charge on any atom is 0.119 e. The lowest BCUT2D eigenvalue weighted by Gasteiger charge is -2.19. The summed E-state index contributed by atoms with van der Waals surface area (Å²) >= 11 is 1.85. The van der Waals surface area contributed by atoms with Gasteiger partial charge in [-0.05, 0) is 45.9 Å². The van der Waals surface area contributed by atoms with Gasteiger partial charge in [-0.25, -0.2) is 0 Å². The summed E-state index contributed by atoms with van der Waals surface area (Å²) in [5.74, 6) is 0.924. The maximum absolute atomic E-state index is 5.82. The highest BCUT2D eigenvalue weighted by atomic mass is 32.1. The van der Waals surface area contributed by atoms with Crippen molar-refractivity contribution in [3.8, 4) is 5.75 Å². The van der Waals surface area contributed by atoms with Crippen LogP contribution in [0.4, 0.5) is 0 Å². The predicted octanol–water partition coefficient (Wildman–Crippen LogP) is 4.52. The van der Waals surface area contributed by atoms with Crippen LogP contribution in [0.3, 0.4) is 0 Å². The van der Waals surface area contributed by atoms with Crippen molar-refractivity contribution in [3.63, 3.8) is 0 Å². The number of aryl methyl sites for hydroxylation is 1. The van der Waals surface area contributed by atoms with Crippen LogP contribution in [0.25, 0.3) is 0 Å². The Morgan fingerprint density at radius 2 is 1.85 bits per heavy atom. The van der Waals surface area contributed by atoms with E-state index in [9.17, 15) is 0 Å². The highest BCUT2D eigenvalue weighted by Gasteiger charge is 2.11. The summed E-state index contributed by atoms with van der Waals surface area (Å²) in [5, 5.41) is 3.52. The smallest absolute Gasteiger partial charge is 0.119 e. The van der Waals surface area contributed by atoms with Crippen molar-refractivity contribution in [3.05, 3.63) is 51.7 Å². The van der Waals surface area contributed by atoms with Gasteiger partial charge >= 0.3 is 0 Å². The first-order valence-corrected chi connectivity index (χ1v) is 7.77. The Kier molecular flexibility index (Phi) is 4.84. The normalized spacial score (nSPS) is 11.6. The molecule has 0 bridgehead atoms. The van der Waals surface area contributed by atoms with Crippen molar-refractivity contribution in [2.75, 3.05) is 0 Å². The fourth-order valence-electron chi connectivity index (χ4n) is 1.85. The topological polar surface area (TPSA) is 21.3 Å². The molecule has 2 rings (SSSR count). The summed E-state index contributed by atoms with van der Waals surface area (Å²) in [4.78, 5) is 2.70. The van der Waals surface area contributed by atoms with E-state index in [1.807, 2.05) is 41.7 Å². The number of thiophene rings is 1. The monoisotopic (exact) mass is 289 g/mol. The first-order chi connectivity index (χ1) is 9.44. The molecule has 0 saturated carbocycles. The minimum atomic E-state index is 0.151. The lowest BCUT2D eigenvalue weighted by molar-refractivity contribution is 0.306. The fourth-order valence-corrected chi connectivity index (χ4v) is 2.84. The first kappa shape index (κ1) is 15.1. The van der Waals surface area contributed by atoms with Crippen molar-refractivity contribution in [1.29, 1.82) is 0 Å². The molecule has 0 fully saturated rings. The predicted molar refractivity (Wildman–Crippen MR) is 86.4 cm³/mol. The molecule has 20 heavy (non-hydrogen) atoms. The highest BCUT2D eigenvalue weighted by Crippen LogP contribution is 2.23. The molecular weight excluding hydrogens is 266 g/mol. The largest absolute Gasteiger partial charge is 0.489 e. The van der Waals surface area contributed by atoms with Gasteiger partial charge in [-0.3, -0.25) is 0 Å². The van der Waals surface area contributed by atoms with Gasteiger partial charge < -0.3 is 10.1 Å². The van der Waals surface area contributed by atoms with Gasteiger partial charge in [0, 0.05) is 27.4 Å². The summed E-state index contributed by atoms with van der Waals surface area (Å²) in [6, 6.07) is 12.2. The van der Waals surface area contributed by atoms with Crippen LogP contribution in [-0.4, -0.2) is 5.54 Å². The SMILES string of the molecule is Cc1sc(CNC(C)(C)C)cc1COc1ccccc1. The van der Waals surface area contributed by atoms with E-state index in [0.29, 0.717) is 6.61 Å². The molecule has 0 atom stereocenters. The molecule has 2 aromatic rings. The fraction of sp³-hybridized carbons (Fsp3) is 0.412. The molecule has 3 heteroatoms. The Morgan fingerprint density at radius 3 is 2.50 bits per heavy atom. The van der Waals surface area contributed by atoms with Crippen molar-refractivity contribution >= 4 is 11.3 Å². The minimum Gasteiger partial charge on any atom is -0.489 e. The molecule has 0 aliphatic rings. The number of nitrogens with one attached hydrogen (secondary N) is 1. The second-order valence-electron chi connectivity index (χ2n) is 6.00. The molecule has 0 unspecified atom stereocenters. The zero-order chi connectivity index (χ0) is 14.6. The Morgan fingerprint density at radius 1 is 1.15 bits per heavy atom. The van der Waals surface area contributed by atoms with Crippen LogP contribution in [0.2, 0.25) is 0 Å². The minimum absolute atomic E-state index is 0.151. The van der Waals surface area contributed by atoms with Crippen molar-refractivity contribution in [1.82, 2.24) is 5.32 Å². The molecule has 0 aliphatic carbocycles. The quantitative estimate of drug-likeness (QED) is 0.873. The second-order valence-corrected chi connectivity index (χ2v) is 7.34. The lowest BCUT2D eigenvalue weighted by Crippen LogP contribution is -2.34. The van der Waals surface area contributed by atoms with E-state index in [-0.39, 0.29) is 5.54 Å². The standard InChI is InChI=1S/C17H23NOS/c1-13-14(12-19-15-8-6-5-7-9-15)10-16(20-13)11-18-17(2,3)4/h5-10,18H,11-12H2,1-4H3. The average Bonchev–Trinajstić information content (AvgIpc) is 2.75. The van der Waals surface area contributed by atoms with Gasteiger partial charge in [0.05, 0.1) is 0 Å². The third kappa shape index (κ3) is 4.66. The molecule has 1 heterocycles. The van der Waals surface area contributed by atoms with E-state index in [4.69, 9.17) is 4.74 Å². The maximum atomic E-state index is 5.82. The molecule has 1 aromatic carbocycles. The molecule has 0 saturated heterocycles. The third-order valence-electron chi connectivity index (χ3n) is 3.00. The van der Waals surface area contributed by atoms with Crippen LogP contribution < -0.4 is 10.1 Å². The summed E-state index contributed by atoms with van der Waals surface area (Å²) in [5.41, 5.74) is 1.43. The van der Waals surface area contributed by atoms with Gasteiger partial charge in [0.2, 0.25) is 0 Å². The molecule has 0 spiro atoms. The molecule has 1 N–H and O–H groups in total. The van der Waals surface area contributed by atoms with E-state index >= 15 is 0 Å². The molecule has 0 aliphatic heterocycles. The van der Waals surface area contributed by atoms with E-state index in [0.717, 1.165) is 12.3 Å². The number of para-hydroxylation sites is 1. The third-order valence-corrected chi connectivity index (χ3v) is 4.09. The second kappa shape index (κ2) is 6.42. The zero-order valence-electron chi connectivity index (χ0n) is 12.7.